The fraction of sp³-hybridized carbons (Fsp3) is 0.550. The van der Waals surface area contributed by atoms with Crippen molar-refractivity contribution in [3.05, 3.63) is 35.2 Å². The Bertz CT molecular complexity index is 776. The number of piperidine rings is 1. The second-order valence-electron chi connectivity index (χ2n) is 7.25. The summed E-state index contributed by atoms with van der Waals surface area (Å²) in [6, 6.07) is 7.39. The van der Waals surface area contributed by atoms with Gasteiger partial charge in [0.25, 0.3) is 0 Å². The minimum absolute atomic E-state index is 0. The molecule has 9 heteroatoms. The first-order valence-corrected chi connectivity index (χ1v) is 10.3. The van der Waals surface area contributed by atoms with E-state index < -0.39 is 0 Å². The average Bonchev–Trinajstić information content (AvgIpc) is 3.18. The smallest absolute Gasteiger partial charge is 0.246 e. The van der Waals surface area contributed by atoms with Crippen LogP contribution < -0.4 is 10.6 Å². The minimum Gasteiger partial charge on any atom is -0.356 e. The van der Waals surface area contributed by atoms with Crippen molar-refractivity contribution in [3.8, 4) is 11.4 Å². The van der Waals surface area contributed by atoms with Gasteiger partial charge in [0.15, 0.2) is 5.96 Å². The molecule has 2 N–H and O–H groups in total. The van der Waals surface area contributed by atoms with Gasteiger partial charge in [-0.1, -0.05) is 35.8 Å². The number of nitrogens with one attached hydrogen (secondary N) is 2. The number of likely N-dealkylation sites (tertiary alicyclic amines) is 1. The van der Waals surface area contributed by atoms with E-state index in [9.17, 15) is 0 Å². The van der Waals surface area contributed by atoms with Crippen molar-refractivity contribution in [2.24, 2.45) is 10.9 Å². The lowest BCUT2D eigenvalue weighted by atomic mass is 9.99. The number of rotatable bonds is 7. The number of benzene rings is 1. The zero-order valence-electron chi connectivity index (χ0n) is 17.0. The molecule has 0 amide bonds. The third kappa shape index (κ3) is 7.75. The van der Waals surface area contributed by atoms with Crippen LogP contribution in [-0.4, -0.2) is 54.2 Å². The van der Waals surface area contributed by atoms with E-state index in [0.717, 1.165) is 37.0 Å². The van der Waals surface area contributed by atoms with E-state index in [1.165, 1.54) is 25.9 Å². The summed E-state index contributed by atoms with van der Waals surface area (Å²) in [6.45, 7) is 7.21. The van der Waals surface area contributed by atoms with Crippen molar-refractivity contribution in [2.75, 3.05) is 33.2 Å². The summed E-state index contributed by atoms with van der Waals surface area (Å²) in [6.07, 6.45) is 3.73. The monoisotopic (exact) mass is 532 g/mol. The molecule has 160 valence electrons. The molecule has 2 heterocycles. The van der Waals surface area contributed by atoms with Crippen molar-refractivity contribution < 1.29 is 4.52 Å². The van der Waals surface area contributed by atoms with Crippen LogP contribution in [0.5, 0.6) is 0 Å². The van der Waals surface area contributed by atoms with Gasteiger partial charge in [-0.2, -0.15) is 4.98 Å². The van der Waals surface area contributed by atoms with Crippen LogP contribution in [0.25, 0.3) is 11.4 Å². The SMILES string of the molecule is CN=C(NCCCN1CCC(C)CC1)NCc1nc(-c2cccc(Cl)c2)no1.I. The van der Waals surface area contributed by atoms with Crippen LogP contribution in [0.4, 0.5) is 0 Å². The van der Waals surface area contributed by atoms with E-state index >= 15 is 0 Å². The van der Waals surface area contributed by atoms with Gasteiger partial charge in [0.2, 0.25) is 11.7 Å². The lowest BCUT2D eigenvalue weighted by Crippen LogP contribution is -2.39. The number of halogens is 2. The maximum absolute atomic E-state index is 6.01. The number of hydrogen-bond acceptors (Lipinski definition) is 5. The molecular formula is C20H30ClIN6O. The summed E-state index contributed by atoms with van der Waals surface area (Å²) in [4.78, 5) is 11.2. The van der Waals surface area contributed by atoms with Crippen molar-refractivity contribution in [1.29, 1.82) is 0 Å². The third-order valence-electron chi connectivity index (χ3n) is 5.00. The van der Waals surface area contributed by atoms with Crippen molar-refractivity contribution in [2.45, 2.75) is 32.7 Å². The molecule has 1 saturated heterocycles. The van der Waals surface area contributed by atoms with E-state index in [2.05, 4.69) is 37.6 Å². The van der Waals surface area contributed by atoms with Gasteiger partial charge in [-0.3, -0.25) is 4.99 Å². The first-order valence-electron chi connectivity index (χ1n) is 9.89. The Balaban J connectivity index is 0.00000300. The minimum atomic E-state index is 0. The van der Waals surface area contributed by atoms with Crippen LogP contribution in [0.15, 0.2) is 33.8 Å². The molecule has 3 rings (SSSR count). The lowest BCUT2D eigenvalue weighted by molar-refractivity contribution is 0.191. The molecule has 1 aromatic carbocycles. The normalized spacial score (nSPS) is 15.8. The number of hydrogen-bond donors (Lipinski definition) is 2. The zero-order chi connectivity index (χ0) is 19.8. The molecule has 2 aromatic rings. The Morgan fingerprint density at radius 1 is 1.31 bits per heavy atom. The van der Waals surface area contributed by atoms with E-state index in [1.807, 2.05) is 24.3 Å². The Labute approximate surface area is 194 Å². The summed E-state index contributed by atoms with van der Waals surface area (Å²) in [5.41, 5.74) is 0.831. The van der Waals surface area contributed by atoms with E-state index in [-0.39, 0.29) is 24.0 Å². The molecule has 0 saturated carbocycles. The quantitative estimate of drug-likeness (QED) is 0.244. The number of nitrogens with zero attached hydrogens (tertiary/aromatic N) is 4. The fourth-order valence-electron chi connectivity index (χ4n) is 3.25. The molecule has 0 spiro atoms. The van der Waals surface area contributed by atoms with Gasteiger partial charge in [-0.15, -0.1) is 24.0 Å². The van der Waals surface area contributed by atoms with Crippen LogP contribution in [0.1, 0.15) is 32.1 Å². The van der Waals surface area contributed by atoms with Gasteiger partial charge in [0.1, 0.15) is 0 Å². The molecule has 1 fully saturated rings. The van der Waals surface area contributed by atoms with Gasteiger partial charge in [0.05, 0.1) is 6.54 Å². The van der Waals surface area contributed by atoms with Gasteiger partial charge in [0, 0.05) is 24.2 Å². The van der Waals surface area contributed by atoms with Crippen molar-refractivity contribution in [1.82, 2.24) is 25.7 Å². The van der Waals surface area contributed by atoms with Crippen molar-refractivity contribution >= 4 is 41.5 Å². The second-order valence-corrected chi connectivity index (χ2v) is 7.69. The maximum Gasteiger partial charge on any atom is 0.246 e. The summed E-state index contributed by atoms with van der Waals surface area (Å²) in [5, 5.41) is 11.2. The molecule has 0 bridgehead atoms. The predicted octanol–water partition coefficient (Wildman–Crippen LogP) is 3.80. The Kier molecular flexibility index (Phi) is 10.2. The Morgan fingerprint density at radius 3 is 2.83 bits per heavy atom. The second kappa shape index (κ2) is 12.3. The molecule has 1 aliphatic heterocycles. The first kappa shape index (κ1) is 23.9. The van der Waals surface area contributed by atoms with Crippen molar-refractivity contribution in [3.63, 3.8) is 0 Å². The van der Waals surface area contributed by atoms with Crippen LogP contribution in [0.2, 0.25) is 5.02 Å². The van der Waals surface area contributed by atoms with Crippen LogP contribution >= 0.6 is 35.6 Å². The summed E-state index contributed by atoms with van der Waals surface area (Å²) < 4.78 is 5.31. The third-order valence-corrected chi connectivity index (χ3v) is 5.24. The largest absolute Gasteiger partial charge is 0.356 e. The Morgan fingerprint density at radius 2 is 2.10 bits per heavy atom. The number of aromatic nitrogens is 2. The summed E-state index contributed by atoms with van der Waals surface area (Å²) in [7, 11) is 1.76. The molecule has 29 heavy (non-hydrogen) atoms. The van der Waals surface area contributed by atoms with Gasteiger partial charge in [-0.25, -0.2) is 0 Å². The lowest BCUT2D eigenvalue weighted by Gasteiger charge is -2.30. The van der Waals surface area contributed by atoms with Crippen LogP contribution in [0, 0.1) is 5.92 Å². The van der Waals surface area contributed by atoms with Gasteiger partial charge >= 0.3 is 0 Å². The highest BCUT2D eigenvalue weighted by molar-refractivity contribution is 14.0. The topological polar surface area (TPSA) is 78.6 Å². The zero-order valence-corrected chi connectivity index (χ0v) is 20.1. The van der Waals surface area contributed by atoms with E-state index in [1.54, 1.807) is 7.05 Å². The van der Waals surface area contributed by atoms with Gasteiger partial charge in [-0.05, 0) is 56.9 Å². The molecule has 0 unspecified atom stereocenters. The molecular weight excluding hydrogens is 503 g/mol. The summed E-state index contributed by atoms with van der Waals surface area (Å²) >= 11 is 6.01. The Hall–Kier alpha value is -1.39. The molecule has 1 aliphatic rings. The molecule has 0 atom stereocenters. The standard InChI is InChI=1S/C20H29ClN6O.HI/c1-15-7-11-27(12-8-15)10-4-9-23-20(22-2)24-14-18-25-19(26-28-18)16-5-3-6-17(21)13-16;/h3,5-6,13,15H,4,7-12,14H2,1-2H3,(H2,22,23,24);1H. The summed E-state index contributed by atoms with van der Waals surface area (Å²) in [5.74, 6) is 2.63. The van der Waals surface area contributed by atoms with Gasteiger partial charge < -0.3 is 20.1 Å². The van der Waals surface area contributed by atoms with Crippen LogP contribution in [0.3, 0.4) is 0 Å². The van der Waals surface area contributed by atoms with E-state index in [4.69, 9.17) is 16.1 Å². The molecule has 0 aliphatic carbocycles. The van der Waals surface area contributed by atoms with Crippen LogP contribution in [-0.2, 0) is 6.54 Å². The molecule has 0 radical (unpaired) electrons. The maximum atomic E-state index is 6.01. The highest BCUT2D eigenvalue weighted by atomic mass is 127. The molecule has 7 nitrogen and oxygen atoms in total. The number of guanidine groups is 1. The first-order chi connectivity index (χ1) is 13.6. The number of aliphatic imine (C=N–C) groups is 1. The highest BCUT2D eigenvalue weighted by Crippen LogP contribution is 2.19. The highest BCUT2D eigenvalue weighted by Gasteiger charge is 2.15. The molecule has 1 aromatic heterocycles. The average molecular weight is 533 g/mol. The fourth-order valence-corrected chi connectivity index (χ4v) is 3.44. The van der Waals surface area contributed by atoms with E-state index in [0.29, 0.717) is 23.3 Å². The predicted molar refractivity (Wildman–Crippen MR) is 128 cm³/mol.